The SMILES string of the molecule is CC1COc2c(N3CCN4CCCC4C3)c(F)cc3c(=O)c(C(=O)O)cn1c23. The van der Waals surface area contributed by atoms with Gasteiger partial charge in [-0.2, -0.15) is 0 Å². The molecule has 3 aliphatic heterocycles. The van der Waals surface area contributed by atoms with Crippen molar-refractivity contribution < 1.29 is 19.0 Å². The normalized spacial score (nSPS) is 24.3. The number of rotatable bonds is 2. The van der Waals surface area contributed by atoms with Gasteiger partial charge in [-0.15, -0.1) is 0 Å². The van der Waals surface area contributed by atoms with Crippen molar-refractivity contribution in [1.82, 2.24) is 9.47 Å². The number of pyridine rings is 1. The summed E-state index contributed by atoms with van der Waals surface area (Å²) in [5.41, 5.74) is -0.149. The molecule has 4 heterocycles. The van der Waals surface area contributed by atoms with Crippen LogP contribution in [0.3, 0.4) is 0 Å². The van der Waals surface area contributed by atoms with Crippen molar-refractivity contribution in [3.63, 3.8) is 0 Å². The second-order valence-electron chi connectivity index (χ2n) is 7.95. The third-order valence-electron chi connectivity index (χ3n) is 6.28. The van der Waals surface area contributed by atoms with Gasteiger partial charge in [0.05, 0.1) is 16.9 Å². The highest BCUT2D eigenvalue weighted by Gasteiger charge is 2.35. The molecule has 0 amide bonds. The summed E-state index contributed by atoms with van der Waals surface area (Å²) in [7, 11) is 0. The Morgan fingerprint density at radius 2 is 2.14 bits per heavy atom. The second-order valence-corrected chi connectivity index (χ2v) is 7.95. The maximum atomic E-state index is 15.2. The van der Waals surface area contributed by atoms with Crippen molar-refractivity contribution >= 4 is 22.6 Å². The van der Waals surface area contributed by atoms with Gasteiger partial charge in [-0.05, 0) is 32.4 Å². The number of anilines is 1. The molecule has 1 N–H and O–H groups in total. The van der Waals surface area contributed by atoms with Gasteiger partial charge >= 0.3 is 5.97 Å². The van der Waals surface area contributed by atoms with Gasteiger partial charge in [-0.25, -0.2) is 9.18 Å². The Morgan fingerprint density at radius 1 is 1.32 bits per heavy atom. The Hall–Kier alpha value is -2.61. The van der Waals surface area contributed by atoms with Crippen LogP contribution in [0.4, 0.5) is 10.1 Å². The Morgan fingerprint density at radius 3 is 2.93 bits per heavy atom. The summed E-state index contributed by atoms with van der Waals surface area (Å²) in [5, 5.41) is 9.44. The molecule has 1 aromatic heterocycles. The van der Waals surface area contributed by atoms with Crippen molar-refractivity contribution in [3.05, 3.63) is 33.9 Å². The minimum atomic E-state index is -1.31. The third kappa shape index (κ3) is 2.44. The molecule has 2 unspecified atom stereocenters. The summed E-state index contributed by atoms with van der Waals surface area (Å²) in [6.07, 6.45) is 3.63. The minimum absolute atomic E-state index is 0.0576. The zero-order valence-corrected chi connectivity index (χ0v) is 15.7. The molecule has 8 heteroatoms. The number of hydrogen-bond acceptors (Lipinski definition) is 5. The molecule has 0 saturated carbocycles. The Balaban J connectivity index is 1.72. The molecular formula is C20H22FN3O4. The number of aromatic carboxylic acids is 1. The Bertz CT molecular complexity index is 1050. The zero-order chi connectivity index (χ0) is 19.6. The molecule has 2 saturated heterocycles. The molecule has 3 aliphatic rings. The molecule has 0 radical (unpaired) electrons. The van der Waals surface area contributed by atoms with Gasteiger partial charge < -0.3 is 19.3 Å². The maximum absolute atomic E-state index is 15.2. The van der Waals surface area contributed by atoms with Crippen LogP contribution in [0.15, 0.2) is 17.1 Å². The van der Waals surface area contributed by atoms with Gasteiger partial charge in [0, 0.05) is 31.9 Å². The fourth-order valence-corrected chi connectivity index (χ4v) is 4.85. The van der Waals surface area contributed by atoms with Crippen LogP contribution in [0, 0.1) is 5.82 Å². The van der Waals surface area contributed by atoms with E-state index in [0.29, 0.717) is 36.1 Å². The van der Waals surface area contributed by atoms with Gasteiger partial charge in [-0.3, -0.25) is 9.69 Å². The molecule has 2 aromatic rings. The lowest BCUT2D eigenvalue weighted by atomic mass is 10.0. The smallest absolute Gasteiger partial charge is 0.341 e. The number of benzene rings is 1. The lowest BCUT2D eigenvalue weighted by molar-refractivity contribution is 0.0694. The predicted molar refractivity (Wildman–Crippen MR) is 102 cm³/mol. The first-order chi connectivity index (χ1) is 13.5. The molecule has 1 aromatic carbocycles. The highest BCUT2D eigenvalue weighted by Crippen LogP contribution is 2.42. The topological polar surface area (TPSA) is 75.0 Å². The van der Waals surface area contributed by atoms with Crippen LogP contribution in [0.5, 0.6) is 5.75 Å². The molecular weight excluding hydrogens is 365 g/mol. The first-order valence-electron chi connectivity index (χ1n) is 9.72. The number of carboxylic acid groups (broad SMARTS) is 1. The molecule has 2 atom stereocenters. The van der Waals surface area contributed by atoms with Crippen LogP contribution in [0.25, 0.3) is 10.9 Å². The van der Waals surface area contributed by atoms with Crippen molar-refractivity contribution in [1.29, 1.82) is 0 Å². The number of hydrogen-bond donors (Lipinski definition) is 1. The van der Waals surface area contributed by atoms with Crippen LogP contribution >= 0.6 is 0 Å². The van der Waals surface area contributed by atoms with E-state index in [1.807, 2.05) is 11.8 Å². The fourth-order valence-electron chi connectivity index (χ4n) is 4.85. The van der Waals surface area contributed by atoms with Crippen molar-refractivity contribution in [2.45, 2.75) is 31.8 Å². The predicted octanol–water partition coefficient (Wildman–Crippen LogP) is 2.08. The van der Waals surface area contributed by atoms with Gasteiger partial charge in [0.1, 0.15) is 17.9 Å². The van der Waals surface area contributed by atoms with Crippen LogP contribution < -0.4 is 15.1 Å². The molecule has 2 fully saturated rings. The van der Waals surface area contributed by atoms with Crippen molar-refractivity contribution in [2.75, 3.05) is 37.7 Å². The van der Waals surface area contributed by atoms with Crippen LogP contribution in [-0.2, 0) is 0 Å². The van der Waals surface area contributed by atoms with Crippen molar-refractivity contribution in [3.8, 4) is 5.75 Å². The minimum Gasteiger partial charge on any atom is -0.487 e. The van der Waals surface area contributed by atoms with E-state index in [1.54, 1.807) is 4.57 Å². The van der Waals surface area contributed by atoms with Crippen molar-refractivity contribution in [2.24, 2.45) is 0 Å². The Kier molecular flexibility index (Phi) is 3.87. The lowest BCUT2D eigenvalue weighted by Crippen LogP contribution is -2.50. The van der Waals surface area contributed by atoms with Crippen LogP contribution in [0.2, 0.25) is 0 Å². The van der Waals surface area contributed by atoms with Gasteiger partial charge in [-0.1, -0.05) is 0 Å². The highest BCUT2D eigenvalue weighted by atomic mass is 19.1. The first-order valence-corrected chi connectivity index (χ1v) is 9.72. The molecule has 0 bridgehead atoms. The number of aromatic nitrogens is 1. The largest absolute Gasteiger partial charge is 0.487 e. The standard InChI is InChI=1S/C20H22FN3O4/c1-11-10-28-19-16-13(18(25)14(20(26)27)9-24(11)16)7-15(21)17(19)23-6-5-22-4-2-3-12(22)8-23/h7,9,11-12H,2-6,8,10H2,1H3,(H,26,27). The second kappa shape index (κ2) is 6.20. The molecule has 7 nitrogen and oxygen atoms in total. The van der Waals surface area contributed by atoms with Crippen LogP contribution in [0.1, 0.15) is 36.2 Å². The number of carbonyl (C=O) groups is 1. The maximum Gasteiger partial charge on any atom is 0.341 e. The van der Waals surface area contributed by atoms with E-state index in [0.717, 1.165) is 32.5 Å². The summed E-state index contributed by atoms with van der Waals surface area (Å²) >= 11 is 0. The summed E-state index contributed by atoms with van der Waals surface area (Å²) in [6.45, 7) is 5.58. The summed E-state index contributed by atoms with van der Waals surface area (Å²) in [4.78, 5) is 28.6. The van der Waals surface area contributed by atoms with E-state index in [9.17, 15) is 14.7 Å². The fraction of sp³-hybridized carbons (Fsp3) is 0.500. The summed E-state index contributed by atoms with van der Waals surface area (Å²) in [6, 6.07) is 1.44. The summed E-state index contributed by atoms with van der Waals surface area (Å²) < 4.78 is 22.9. The van der Waals surface area contributed by atoms with E-state index in [1.165, 1.54) is 12.3 Å². The molecule has 148 valence electrons. The van der Waals surface area contributed by atoms with E-state index >= 15 is 4.39 Å². The summed E-state index contributed by atoms with van der Waals surface area (Å²) in [5.74, 6) is -1.49. The van der Waals surface area contributed by atoms with E-state index < -0.39 is 17.2 Å². The number of carboxylic acids is 1. The quantitative estimate of drug-likeness (QED) is 0.851. The van der Waals surface area contributed by atoms with Gasteiger partial charge in [0.25, 0.3) is 0 Å². The number of fused-ring (bicyclic) bond motifs is 1. The van der Waals surface area contributed by atoms with E-state index in [-0.39, 0.29) is 17.0 Å². The molecule has 28 heavy (non-hydrogen) atoms. The van der Waals surface area contributed by atoms with Gasteiger partial charge in [0.15, 0.2) is 11.6 Å². The molecule has 5 rings (SSSR count). The first kappa shape index (κ1) is 17.5. The third-order valence-corrected chi connectivity index (χ3v) is 6.28. The van der Waals surface area contributed by atoms with Gasteiger partial charge in [0.2, 0.25) is 5.43 Å². The number of ether oxygens (including phenoxy) is 1. The average molecular weight is 387 g/mol. The average Bonchev–Trinajstić information content (AvgIpc) is 3.13. The zero-order valence-electron chi connectivity index (χ0n) is 15.7. The Labute approximate surface area is 160 Å². The molecule has 0 spiro atoms. The monoisotopic (exact) mass is 387 g/mol. The van der Waals surface area contributed by atoms with E-state index in [4.69, 9.17) is 4.74 Å². The highest BCUT2D eigenvalue weighted by molar-refractivity contribution is 5.97. The number of nitrogens with zero attached hydrogens (tertiary/aromatic N) is 3. The number of halogens is 1. The van der Waals surface area contributed by atoms with Crippen LogP contribution in [-0.4, -0.2) is 59.4 Å². The molecule has 0 aliphatic carbocycles. The van der Waals surface area contributed by atoms with E-state index in [2.05, 4.69) is 4.90 Å². The number of piperazine rings is 1. The lowest BCUT2D eigenvalue weighted by Gasteiger charge is -2.40.